The van der Waals surface area contributed by atoms with Crippen molar-refractivity contribution in [2.75, 3.05) is 25.2 Å². The molecule has 1 fully saturated rings. The molecule has 23 heavy (non-hydrogen) atoms. The molecule has 1 aliphatic heterocycles. The molecule has 0 radical (unpaired) electrons. The highest BCUT2D eigenvalue weighted by molar-refractivity contribution is 7.91. The van der Waals surface area contributed by atoms with Crippen LogP contribution in [0, 0.1) is 0 Å². The molecule has 1 N–H and O–H groups in total. The summed E-state index contributed by atoms with van der Waals surface area (Å²) in [5.74, 6) is -1.06. The van der Waals surface area contributed by atoms with Gasteiger partial charge in [0, 0.05) is 11.1 Å². The minimum absolute atomic E-state index is 0.0530. The Morgan fingerprint density at radius 2 is 2.13 bits per heavy atom. The van der Waals surface area contributed by atoms with Gasteiger partial charge in [-0.25, -0.2) is 13.2 Å². The monoisotopic (exact) mass is 361 g/mol. The lowest BCUT2D eigenvalue weighted by molar-refractivity contribution is -0.124. The van der Waals surface area contributed by atoms with E-state index in [4.69, 9.17) is 21.1 Å². The van der Waals surface area contributed by atoms with Gasteiger partial charge in [-0.2, -0.15) is 0 Å². The van der Waals surface area contributed by atoms with Crippen LogP contribution < -0.4 is 10.1 Å². The zero-order chi connectivity index (χ0) is 17.0. The number of carbonyl (C=O) groups excluding carboxylic acids is 2. The van der Waals surface area contributed by atoms with Crippen molar-refractivity contribution in [2.45, 2.75) is 12.5 Å². The van der Waals surface area contributed by atoms with E-state index in [-0.39, 0.29) is 22.8 Å². The number of hydrogen-bond donors (Lipinski definition) is 1. The molecular weight excluding hydrogens is 346 g/mol. The van der Waals surface area contributed by atoms with E-state index in [1.807, 2.05) is 0 Å². The number of rotatable bonds is 5. The van der Waals surface area contributed by atoms with Crippen molar-refractivity contribution < 1.29 is 27.5 Å². The summed E-state index contributed by atoms with van der Waals surface area (Å²) in [4.78, 5) is 23.7. The minimum atomic E-state index is -3.08. The van der Waals surface area contributed by atoms with E-state index in [0.29, 0.717) is 11.4 Å². The molecule has 7 nitrogen and oxygen atoms in total. The lowest BCUT2D eigenvalue weighted by Crippen LogP contribution is -2.38. The van der Waals surface area contributed by atoms with Crippen LogP contribution in [0.1, 0.15) is 16.8 Å². The average molecular weight is 362 g/mol. The van der Waals surface area contributed by atoms with Gasteiger partial charge >= 0.3 is 5.97 Å². The molecule has 0 unspecified atom stereocenters. The standard InChI is InChI=1S/C14H16ClNO6S/c1-21-12-3-2-9(15)6-11(12)14(18)22-7-13(17)16-10-4-5-23(19,20)8-10/h2-3,6,10H,4-5,7-8H2,1H3,(H,16,17)/t10-/m1/s1. The van der Waals surface area contributed by atoms with Crippen molar-refractivity contribution >= 4 is 33.3 Å². The first-order valence-corrected chi connectivity index (χ1v) is 9.01. The molecule has 1 aromatic carbocycles. The van der Waals surface area contributed by atoms with Gasteiger partial charge < -0.3 is 14.8 Å². The zero-order valence-corrected chi connectivity index (χ0v) is 13.9. The van der Waals surface area contributed by atoms with E-state index < -0.39 is 34.4 Å². The van der Waals surface area contributed by atoms with E-state index in [2.05, 4.69) is 5.32 Å². The van der Waals surface area contributed by atoms with Crippen LogP contribution in [0.3, 0.4) is 0 Å². The Bertz CT molecular complexity index is 718. The largest absolute Gasteiger partial charge is 0.496 e. The van der Waals surface area contributed by atoms with Crippen molar-refractivity contribution in [3.63, 3.8) is 0 Å². The SMILES string of the molecule is COc1ccc(Cl)cc1C(=O)OCC(=O)N[C@@H]1CCS(=O)(=O)C1. The Kier molecular flexibility index (Phi) is 5.48. The molecule has 0 bridgehead atoms. The second kappa shape index (κ2) is 7.18. The topological polar surface area (TPSA) is 98.8 Å². The van der Waals surface area contributed by atoms with Gasteiger partial charge in [0.05, 0.1) is 18.6 Å². The van der Waals surface area contributed by atoms with Crippen LogP contribution in [0.4, 0.5) is 0 Å². The number of methoxy groups -OCH3 is 1. The normalized spacial score (nSPS) is 19.1. The molecule has 0 saturated carbocycles. The number of ether oxygens (including phenoxy) is 2. The van der Waals surface area contributed by atoms with Gasteiger partial charge in [-0.1, -0.05) is 11.6 Å². The minimum Gasteiger partial charge on any atom is -0.496 e. The van der Waals surface area contributed by atoms with Gasteiger partial charge in [0.25, 0.3) is 5.91 Å². The summed E-state index contributed by atoms with van der Waals surface area (Å²) in [6, 6.07) is 4.02. The van der Waals surface area contributed by atoms with Crippen molar-refractivity contribution in [3.8, 4) is 5.75 Å². The number of nitrogens with one attached hydrogen (secondary N) is 1. The van der Waals surface area contributed by atoms with Crippen LogP contribution in [0.15, 0.2) is 18.2 Å². The number of sulfone groups is 1. The Morgan fingerprint density at radius 1 is 1.39 bits per heavy atom. The third-order valence-corrected chi connectivity index (χ3v) is 5.32. The fraction of sp³-hybridized carbons (Fsp3) is 0.429. The first-order valence-electron chi connectivity index (χ1n) is 6.81. The van der Waals surface area contributed by atoms with Crippen LogP contribution in [0.25, 0.3) is 0 Å². The van der Waals surface area contributed by atoms with Gasteiger partial charge in [-0.05, 0) is 24.6 Å². The molecule has 0 aliphatic carbocycles. The van der Waals surface area contributed by atoms with E-state index in [0.717, 1.165) is 0 Å². The zero-order valence-electron chi connectivity index (χ0n) is 12.4. The molecule has 1 heterocycles. The summed E-state index contributed by atoms with van der Waals surface area (Å²) in [6.45, 7) is -0.509. The molecule has 0 aromatic heterocycles. The van der Waals surface area contributed by atoms with E-state index in [1.54, 1.807) is 6.07 Å². The Labute approximate surface area is 138 Å². The van der Waals surface area contributed by atoms with Crippen molar-refractivity contribution in [1.29, 1.82) is 0 Å². The molecule has 1 saturated heterocycles. The molecule has 126 valence electrons. The summed E-state index contributed by atoms with van der Waals surface area (Å²) >= 11 is 5.82. The third kappa shape index (κ3) is 4.84. The fourth-order valence-corrected chi connectivity index (χ4v) is 4.07. The second-order valence-corrected chi connectivity index (χ2v) is 7.75. The van der Waals surface area contributed by atoms with Crippen molar-refractivity contribution in [1.82, 2.24) is 5.32 Å². The summed E-state index contributed by atoms with van der Waals surface area (Å²) in [5, 5.41) is 2.86. The number of hydrogen-bond acceptors (Lipinski definition) is 6. The fourth-order valence-electron chi connectivity index (χ4n) is 2.23. The van der Waals surface area contributed by atoms with Crippen molar-refractivity contribution in [2.24, 2.45) is 0 Å². The first-order chi connectivity index (χ1) is 10.8. The van der Waals surface area contributed by atoms with Gasteiger partial charge in [-0.3, -0.25) is 4.79 Å². The van der Waals surface area contributed by atoms with Gasteiger partial charge in [-0.15, -0.1) is 0 Å². The van der Waals surface area contributed by atoms with Gasteiger partial charge in [0.15, 0.2) is 16.4 Å². The quantitative estimate of drug-likeness (QED) is 0.779. The molecule has 1 aliphatic rings. The molecular formula is C14H16ClNO6S. The Morgan fingerprint density at radius 3 is 2.74 bits per heavy atom. The predicted molar refractivity (Wildman–Crippen MR) is 83.5 cm³/mol. The second-order valence-electron chi connectivity index (χ2n) is 5.09. The number of benzene rings is 1. The Hall–Kier alpha value is -1.80. The van der Waals surface area contributed by atoms with Crippen LogP contribution in [-0.2, 0) is 19.4 Å². The van der Waals surface area contributed by atoms with Crippen molar-refractivity contribution in [3.05, 3.63) is 28.8 Å². The Balaban J connectivity index is 1.89. The molecule has 2 rings (SSSR count). The highest BCUT2D eigenvalue weighted by Crippen LogP contribution is 2.23. The summed E-state index contributed by atoms with van der Waals surface area (Å²) < 4.78 is 32.6. The maximum Gasteiger partial charge on any atom is 0.342 e. The summed E-state index contributed by atoms with van der Waals surface area (Å²) in [6.07, 6.45) is 0.365. The highest BCUT2D eigenvalue weighted by atomic mass is 35.5. The predicted octanol–water partition coefficient (Wildman–Crippen LogP) is 0.809. The smallest absolute Gasteiger partial charge is 0.342 e. The van der Waals surface area contributed by atoms with Crippen LogP contribution in [-0.4, -0.2) is 51.6 Å². The lowest BCUT2D eigenvalue weighted by atomic mass is 10.2. The van der Waals surface area contributed by atoms with Crippen LogP contribution in [0.5, 0.6) is 5.75 Å². The molecule has 1 amide bonds. The average Bonchev–Trinajstić information content (AvgIpc) is 2.83. The van der Waals surface area contributed by atoms with E-state index in [1.165, 1.54) is 19.2 Å². The van der Waals surface area contributed by atoms with Crippen LogP contribution >= 0.6 is 11.6 Å². The van der Waals surface area contributed by atoms with E-state index >= 15 is 0 Å². The summed E-state index contributed by atoms with van der Waals surface area (Å²) in [5.41, 5.74) is 0.108. The molecule has 0 spiro atoms. The number of halogens is 1. The third-order valence-electron chi connectivity index (χ3n) is 3.31. The number of esters is 1. The molecule has 1 atom stereocenters. The number of amides is 1. The van der Waals surface area contributed by atoms with Crippen LogP contribution in [0.2, 0.25) is 5.02 Å². The van der Waals surface area contributed by atoms with Gasteiger partial charge in [0.1, 0.15) is 11.3 Å². The maximum atomic E-state index is 12.0. The lowest BCUT2D eigenvalue weighted by Gasteiger charge is -2.12. The maximum absolute atomic E-state index is 12.0. The first kappa shape index (κ1) is 17.6. The van der Waals surface area contributed by atoms with E-state index in [9.17, 15) is 18.0 Å². The summed E-state index contributed by atoms with van der Waals surface area (Å²) in [7, 11) is -1.69. The van der Waals surface area contributed by atoms with Gasteiger partial charge in [0.2, 0.25) is 0 Å². The highest BCUT2D eigenvalue weighted by Gasteiger charge is 2.29. The molecule has 1 aromatic rings. The molecule has 9 heteroatoms. The number of carbonyl (C=O) groups is 2.